The van der Waals surface area contributed by atoms with Crippen molar-refractivity contribution in [2.75, 3.05) is 31.5 Å². The smallest absolute Gasteiger partial charge is 0.246 e. The number of carbonyl (C=O) groups excluding carboxylic acids is 1. The molecule has 1 amide bonds. The summed E-state index contributed by atoms with van der Waals surface area (Å²) in [6.45, 7) is 5.82. The molecule has 2 aromatic heterocycles. The van der Waals surface area contributed by atoms with Crippen LogP contribution in [-0.4, -0.2) is 76.5 Å². The number of H-pyrrole nitrogens is 1. The van der Waals surface area contributed by atoms with Crippen molar-refractivity contribution in [3.63, 3.8) is 0 Å². The van der Waals surface area contributed by atoms with E-state index in [4.69, 9.17) is 10.5 Å². The van der Waals surface area contributed by atoms with Gasteiger partial charge in [0.1, 0.15) is 17.9 Å². The number of nitrogens with zero attached hydrogens (tertiary/aromatic N) is 4. The number of nitrogens with one attached hydrogen (secondary N) is 3. The lowest BCUT2D eigenvalue weighted by Crippen LogP contribution is -2.49. The number of rotatable bonds is 7. The maximum absolute atomic E-state index is 14.6. The minimum Gasteiger partial charge on any atom is -0.469 e. The van der Waals surface area contributed by atoms with Crippen LogP contribution in [0.5, 0.6) is 5.88 Å². The Morgan fingerprint density at radius 3 is 2.94 bits per heavy atom. The molecule has 0 unspecified atom stereocenters. The normalized spacial score (nSPS) is 22.6. The van der Waals surface area contributed by atoms with Crippen molar-refractivity contribution in [2.24, 2.45) is 10.7 Å². The van der Waals surface area contributed by atoms with Crippen LogP contribution in [0, 0.1) is 0 Å². The van der Waals surface area contributed by atoms with Crippen molar-refractivity contribution < 1.29 is 13.9 Å². The van der Waals surface area contributed by atoms with E-state index in [0.717, 1.165) is 25.9 Å². The number of aliphatic imine (C=N–C) groups is 1. The second-order valence-corrected chi connectivity index (χ2v) is 8.05. The minimum atomic E-state index is -1.23. The molecule has 0 radical (unpaired) electrons. The van der Waals surface area contributed by atoms with Crippen LogP contribution in [0.1, 0.15) is 19.3 Å². The van der Waals surface area contributed by atoms with Gasteiger partial charge in [0.15, 0.2) is 0 Å². The summed E-state index contributed by atoms with van der Waals surface area (Å²) in [6, 6.07) is 2.00. The maximum atomic E-state index is 14.6. The van der Waals surface area contributed by atoms with Gasteiger partial charge in [0.25, 0.3) is 0 Å². The number of aromatic nitrogens is 3. The molecule has 4 rings (SSSR count). The molecule has 2 aliphatic heterocycles. The number of anilines is 1. The molecule has 2 aromatic rings. The Labute approximate surface area is 191 Å². The van der Waals surface area contributed by atoms with Crippen LogP contribution in [0.4, 0.5) is 10.3 Å². The Morgan fingerprint density at radius 2 is 2.18 bits per heavy atom. The Hall–Kier alpha value is -3.47. The summed E-state index contributed by atoms with van der Waals surface area (Å²) in [5, 5.41) is 6.97. The molecule has 5 N–H and O–H groups in total. The second-order valence-electron chi connectivity index (χ2n) is 8.05. The van der Waals surface area contributed by atoms with Gasteiger partial charge in [-0.1, -0.05) is 6.58 Å². The van der Waals surface area contributed by atoms with Crippen LogP contribution >= 0.6 is 0 Å². The highest BCUT2D eigenvalue weighted by Crippen LogP contribution is 2.27. The number of hydrogen-bond donors (Lipinski definition) is 4. The number of carbonyl (C=O) groups is 1. The highest BCUT2D eigenvalue weighted by atomic mass is 19.1. The van der Waals surface area contributed by atoms with E-state index in [2.05, 4.69) is 37.2 Å². The number of amides is 1. The predicted molar refractivity (Wildman–Crippen MR) is 125 cm³/mol. The van der Waals surface area contributed by atoms with Gasteiger partial charge < -0.3 is 31.0 Å². The van der Waals surface area contributed by atoms with E-state index in [1.807, 2.05) is 0 Å². The van der Waals surface area contributed by atoms with Crippen LogP contribution < -0.4 is 21.1 Å². The third-order valence-electron chi connectivity index (χ3n) is 5.78. The van der Waals surface area contributed by atoms with E-state index < -0.39 is 12.3 Å². The minimum absolute atomic E-state index is 0.113. The van der Waals surface area contributed by atoms with Gasteiger partial charge in [0.2, 0.25) is 17.7 Å². The Balaban J connectivity index is 1.52. The molecule has 33 heavy (non-hydrogen) atoms. The number of ether oxygens (including phenoxy) is 1. The van der Waals surface area contributed by atoms with Crippen molar-refractivity contribution in [1.82, 2.24) is 25.2 Å². The molecule has 2 aliphatic rings. The van der Waals surface area contributed by atoms with Crippen LogP contribution in [0.15, 0.2) is 41.8 Å². The molecule has 176 valence electrons. The van der Waals surface area contributed by atoms with Gasteiger partial charge in [-0.25, -0.2) is 4.39 Å². The molecule has 4 heterocycles. The molecule has 0 bridgehead atoms. The summed E-state index contributed by atoms with van der Waals surface area (Å²) in [4.78, 5) is 30.0. The average molecular weight is 457 g/mol. The lowest BCUT2D eigenvalue weighted by Gasteiger charge is -2.34. The molecular weight excluding hydrogens is 427 g/mol. The number of alkyl halides is 1. The molecule has 0 aliphatic carbocycles. The third kappa shape index (κ3) is 5.48. The molecule has 0 aromatic carbocycles. The fourth-order valence-electron chi connectivity index (χ4n) is 3.92. The zero-order valence-electron chi connectivity index (χ0n) is 18.3. The molecule has 2 saturated heterocycles. The third-order valence-corrected chi connectivity index (χ3v) is 5.78. The van der Waals surface area contributed by atoms with Crippen molar-refractivity contribution in [1.29, 1.82) is 0 Å². The summed E-state index contributed by atoms with van der Waals surface area (Å²) < 4.78 is 20.6. The number of nitrogens with two attached hydrogens (primary N) is 1. The summed E-state index contributed by atoms with van der Waals surface area (Å²) in [5.74, 6) is 0.202. The van der Waals surface area contributed by atoms with E-state index in [9.17, 15) is 9.18 Å². The van der Waals surface area contributed by atoms with Crippen molar-refractivity contribution in [3.05, 3.63) is 36.8 Å². The number of hydrogen-bond acceptors (Lipinski definition) is 8. The number of likely N-dealkylation sites (tertiary alicyclic amines) is 1. The first-order valence-electron chi connectivity index (χ1n) is 11.1. The Bertz CT molecular complexity index is 1050. The maximum Gasteiger partial charge on any atom is 0.246 e. The predicted octanol–water partition coefficient (Wildman–Crippen LogP) is 1.50. The molecule has 0 saturated carbocycles. The average Bonchev–Trinajstić information content (AvgIpc) is 3.32. The monoisotopic (exact) mass is 456 g/mol. The SMILES string of the molecule is C=CC(=O)N1CC[C@@H](F)[C@@H](Oc2nc(NC(C=NC3CCNCC3)=CN)nc3[nH]ccc23)C1. The van der Waals surface area contributed by atoms with Gasteiger partial charge in [-0.05, 0) is 44.5 Å². The summed E-state index contributed by atoms with van der Waals surface area (Å²) in [6.07, 6.45) is 6.03. The first kappa shape index (κ1) is 22.7. The van der Waals surface area contributed by atoms with E-state index in [1.54, 1.807) is 18.5 Å². The fraction of sp³-hybridized carbons (Fsp3) is 0.455. The second kappa shape index (κ2) is 10.4. The Kier molecular flexibility index (Phi) is 7.18. The van der Waals surface area contributed by atoms with Gasteiger partial charge in [-0.15, -0.1) is 0 Å². The van der Waals surface area contributed by atoms with Gasteiger partial charge >= 0.3 is 0 Å². The van der Waals surface area contributed by atoms with Crippen LogP contribution in [-0.2, 0) is 4.79 Å². The zero-order chi connectivity index (χ0) is 23.2. The van der Waals surface area contributed by atoms with E-state index >= 15 is 0 Å². The number of allylic oxidation sites excluding steroid dienone is 1. The van der Waals surface area contributed by atoms with Crippen LogP contribution in [0.3, 0.4) is 0 Å². The summed E-state index contributed by atoms with van der Waals surface area (Å²) in [7, 11) is 0. The quantitative estimate of drug-likeness (QED) is 0.366. The molecular formula is C22H29FN8O2. The number of piperidine rings is 2. The van der Waals surface area contributed by atoms with Crippen LogP contribution in [0.2, 0.25) is 0 Å². The number of halogens is 1. The number of aromatic amines is 1. The van der Waals surface area contributed by atoms with Crippen molar-refractivity contribution in [2.45, 2.75) is 37.6 Å². The highest BCUT2D eigenvalue weighted by Gasteiger charge is 2.33. The zero-order valence-corrected chi connectivity index (χ0v) is 18.3. The molecule has 2 atom stereocenters. The lowest BCUT2D eigenvalue weighted by atomic mass is 10.1. The van der Waals surface area contributed by atoms with E-state index in [-0.39, 0.29) is 36.7 Å². The summed E-state index contributed by atoms with van der Waals surface area (Å²) in [5.41, 5.74) is 6.84. The van der Waals surface area contributed by atoms with E-state index in [1.165, 1.54) is 17.2 Å². The molecule has 2 fully saturated rings. The van der Waals surface area contributed by atoms with Crippen molar-refractivity contribution >= 4 is 29.1 Å². The van der Waals surface area contributed by atoms with E-state index in [0.29, 0.717) is 23.3 Å². The van der Waals surface area contributed by atoms with Crippen molar-refractivity contribution in [3.8, 4) is 5.88 Å². The van der Waals surface area contributed by atoms with Gasteiger partial charge in [-0.2, -0.15) is 9.97 Å². The molecule has 10 nitrogen and oxygen atoms in total. The van der Waals surface area contributed by atoms with Gasteiger partial charge in [0, 0.05) is 25.2 Å². The standard InChI is InChI=1S/C22H29FN8O2/c1-2-19(32)31-10-6-17(23)18(13-31)33-21-16-5-9-26-20(16)29-22(30-21)28-15(11-24)12-27-14-3-7-25-8-4-14/h2,5,9,11-12,14,17-18,25H,1,3-4,6-8,10,13,24H2,(H2,26,28,29,30)/t17-,18+/m1/s1. The first-order chi connectivity index (χ1) is 16.1. The topological polar surface area (TPSA) is 134 Å². The summed E-state index contributed by atoms with van der Waals surface area (Å²) >= 11 is 0. The molecule has 11 heteroatoms. The number of fused-ring (bicyclic) bond motifs is 1. The van der Waals surface area contributed by atoms with Crippen LogP contribution in [0.25, 0.3) is 11.0 Å². The largest absolute Gasteiger partial charge is 0.469 e. The lowest BCUT2D eigenvalue weighted by molar-refractivity contribution is -0.130. The first-order valence-corrected chi connectivity index (χ1v) is 11.1. The van der Waals surface area contributed by atoms with Gasteiger partial charge in [-0.3, -0.25) is 9.79 Å². The Morgan fingerprint density at radius 1 is 1.36 bits per heavy atom. The highest BCUT2D eigenvalue weighted by molar-refractivity contribution is 5.87. The van der Waals surface area contributed by atoms with Gasteiger partial charge in [0.05, 0.1) is 23.7 Å². The fourth-order valence-corrected chi connectivity index (χ4v) is 3.92. The molecule has 0 spiro atoms.